The van der Waals surface area contributed by atoms with Gasteiger partial charge in [0.25, 0.3) is 0 Å². The van der Waals surface area contributed by atoms with Gasteiger partial charge in [0.15, 0.2) is 0 Å². The zero-order chi connectivity index (χ0) is 16.1. The normalized spacial score (nSPS) is 20.0. The molecule has 1 aromatic rings. The van der Waals surface area contributed by atoms with Crippen molar-refractivity contribution in [2.75, 3.05) is 26.3 Å². The summed E-state index contributed by atoms with van der Waals surface area (Å²) in [5.41, 5.74) is 2.44. The van der Waals surface area contributed by atoms with Gasteiger partial charge in [0.1, 0.15) is 0 Å². The second-order valence-corrected chi connectivity index (χ2v) is 6.66. The summed E-state index contributed by atoms with van der Waals surface area (Å²) < 4.78 is 5.37. The quantitative estimate of drug-likeness (QED) is 0.845. The minimum Gasteiger partial charge on any atom is -0.379 e. The van der Waals surface area contributed by atoms with Crippen molar-refractivity contribution in [3.8, 4) is 0 Å². The largest absolute Gasteiger partial charge is 0.379 e. The molecule has 0 radical (unpaired) electrons. The van der Waals surface area contributed by atoms with Crippen molar-refractivity contribution in [2.24, 2.45) is 5.92 Å². The fourth-order valence-electron chi connectivity index (χ4n) is 2.93. The molecule has 3 rings (SSSR count). The van der Waals surface area contributed by atoms with Crippen LogP contribution >= 0.6 is 0 Å². The number of carbonyl (C=O) groups excluding carboxylic acids is 1. The van der Waals surface area contributed by atoms with E-state index in [4.69, 9.17) is 4.74 Å². The molecule has 2 fully saturated rings. The number of rotatable bonds is 6. The van der Waals surface area contributed by atoms with E-state index in [2.05, 4.69) is 46.7 Å². The molecule has 1 saturated carbocycles. The van der Waals surface area contributed by atoms with E-state index in [1.54, 1.807) is 0 Å². The fraction of sp³-hybridized carbons (Fsp3) is 0.611. The molecule has 2 amide bonds. The summed E-state index contributed by atoms with van der Waals surface area (Å²) >= 11 is 0. The first kappa shape index (κ1) is 16.3. The number of nitrogens with one attached hydrogen (secondary N) is 2. The molecule has 0 bridgehead atoms. The van der Waals surface area contributed by atoms with Crippen LogP contribution in [0, 0.1) is 5.92 Å². The molecule has 1 atom stereocenters. The third kappa shape index (κ3) is 5.22. The SMILES string of the molecule is C[C@@H](NC(=O)NCc1ccc(CN2CCOCC2)cc1)C1CC1. The summed E-state index contributed by atoms with van der Waals surface area (Å²) in [5, 5.41) is 5.95. The monoisotopic (exact) mass is 317 g/mol. The summed E-state index contributed by atoms with van der Waals surface area (Å²) in [6.45, 7) is 7.29. The summed E-state index contributed by atoms with van der Waals surface area (Å²) in [6.07, 6.45) is 2.48. The Hall–Kier alpha value is -1.59. The standard InChI is InChI=1S/C18H27N3O2/c1-14(17-6-7-17)20-18(22)19-12-15-2-4-16(5-3-15)13-21-8-10-23-11-9-21/h2-5,14,17H,6-13H2,1H3,(H2,19,20,22)/t14-/m1/s1. The lowest BCUT2D eigenvalue weighted by Crippen LogP contribution is -2.41. The van der Waals surface area contributed by atoms with Crippen molar-refractivity contribution < 1.29 is 9.53 Å². The van der Waals surface area contributed by atoms with Crippen LogP contribution in [0.4, 0.5) is 4.79 Å². The number of benzene rings is 1. The van der Waals surface area contributed by atoms with E-state index in [-0.39, 0.29) is 12.1 Å². The van der Waals surface area contributed by atoms with Crippen LogP contribution in [0.5, 0.6) is 0 Å². The molecule has 23 heavy (non-hydrogen) atoms. The maximum absolute atomic E-state index is 11.8. The molecule has 2 aliphatic rings. The Bertz CT molecular complexity index is 508. The van der Waals surface area contributed by atoms with E-state index < -0.39 is 0 Å². The highest BCUT2D eigenvalue weighted by atomic mass is 16.5. The van der Waals surface area contributed by atoms with Crippen LogP contribution in [0.1, 0.15) is 30.9 Å². The van der Waals surface area contributed by atoms with Crippen LogP contribution in [-0.2, 0) is 17.8 Å². The Morgan fingerprint density at radius 3 is 2.52 bits per heavy atom. The average Bonchev–Trinajstić information content (AvgIpc) is 3.40. The number of nitrogens with zero attached hydrogens (tertiary/aromatic N) is 1. The maximum atomic E-state index is 11.8. The molecule has 0 aromatic heterocycles. The van der Waals surface area contributed by atoms with Gasteiger partial charge in [-0.05, 0) is 36.8 Å². The summed E-state index contributed by atoms with van der Waals surface area (Å²) in [7, 11) is 0. The number of hydrogen-bond donors (Lipinski definition) is 2. The highest BCUT2D eigenvalue weighted by molar-refractivity contribution is 5.74. The second-order valence-electron chi connectivity index (χ2n) is 6.66. The van der Waals surface area contributed by atoms with Crippen LogP contribution in [-0.4, -0.2) is 43.3 Å². The number of urea groups is 1. The molecule has 126 valence electrons. The molecule has 2 N–H and O–H groups in total. The molecule has 0 unspecified atom stereocenters. The van der Waals surface area contributed by atoms with Crippen LogP contribution in [0.25, 0.3) is 0 Å². The topological polar surface area (TPSA) is 53.6 Å². The van der Waals surface area contributed by atoms with E-state index in [9.17, 15) is 4.79 Å². The molecule has 1 aliphatic carbocycles. The molecule has 5 nitrogen and oxygen atoms in total. The van der Waals surface area contributed by atoms with Gasteiger partial charge in [-0.25, -0.2) is 4.79 Å². The second kappa shape index (κ2) is 7.79. The Morgan fingerprint density at radius 1 is 1.22 bits per heavy atom. The molecular weight excluding hydrogens is 290 g/mol. The number of ether oxygens (including phenoxy) is 1. The highest BCUT2D eigenvalue weighted by Crippen LogP contribution is 2.32. The zero-order valence-electron chi connectivity index (χ0n) is 13.9. The predicted octanol–water partition coefficient (Wildman–Crippen LogP) is 2.12. The lowest BCUT2D eigenvalue weighted by Gasteiger charge is -2.26. The van der Waals surface area contributed by atoms with E-state index in [0.717, 1.165) is 38.4 Å². The Kier molecular flexibility index (Phi) is 5.51. The molecule has 0 spiro atoms. The minimum absolute atomic E-state index is 0.0678. The Balaban J connectivity index is 1.40. The van der Waals surface area contributed by atoms with Gasteiger partial charge in [0.05, 0.1) is 13.2 Å². The van der Waals surface area contributed by atoms with Gasteiger partial charge < -0.3 is 15.4 Å². The smallest absolute Gasteiger partial charge is 0.315 e. The number of amides is 2. The molecule has 1 aliphatic heterocycles. The van der Waals surface area contributed by atoms with Gasteiger partial charge >= 0.3 is 6.03 Å². The number of carbonyl (C=O) groups is 1. The predicted molar refractivity (Wildman–Crippen MR) is 90.1 cm³/mol. The average molecular weight is 317 g/mol. The molecule has 1 saturated heterocycles. The molecule has 5 heteroatoms. The van der Waals surface area contributed by atoms with Crippen LogP contribution in [0.15, 0.2) is 24.3 Å². The zero-order valence-corrected chi connectivity index (χ0v) is 13.9. The number of morpholine rings is 1. The lowest BCUT2D eigenvalue weighted by molar-refractivity contribution is 0.0342. The summed E-state index contributed by atoms with van der Waals surface area (Å²) in [4.78, 5) is 14.3. The maximum Gasteiger partial charge on any atom is 0.315 e. The van der Waals surface area contributed by atoms with Crippen molar-refractivity contribution in [3.63, 3.8) is 0 Å². The Morgan fingerprint density at radius 2 is 1.87 bits per heavy atom. The van der Waals surface area contributed by atoms with Gasteiger partial charge in [-0.1, -0.05) is 24.3 Å². The number of hydrogen-bond acceptors (Lipinski definition) is 3. The third-order valence-corrected chi connectivity index (χ3v) is 4.67. The molecule has 1 heterocycles. The van der Waals surface area contributed by atoms with Gasteiger partial charge in [0, 0.05) is 32.2 Å². The molecule has 1 aromatic carbocycles. The highest BCUT2D eigenvalue weighted by Gasteiger charge is 2.28. The van der Waals surface area contributed by atoms with Crippen molar-refractivity contribution in [2.45, 2.75) is 38.9 Å². The first-order chi connectivity index (χ1) is 11.2. The molecular formula is C18H27N3O2. The van der Waals surface area contributed by atoms with Crippen molar-refractivity contribution in [3.05, 3.63) is 35.4 Å². The summed E-state index contributed by atoms with van der Waals surface area (Å²) in [5.74, 6) is 0.681. The van der Waals surface area contributed by atoms with Gasteiger partial charge in [0.2, 0.25) is 0 Å². The van der Waals surface area contributed by atoms with Crippen molar-refractivity contribution >= 4 is 6.03 Å². The van der Waals surface area contributed by atoms with Gasteiger partial charge in [-0.15, -0.1) is 0 Å². The van der Waals surface area contributed by atoms with Crippen molar-refractivity contribution in [1.29, 1.82) is 0 Å². The van der Waals surface area contributed by atoms with Gasteiger partial charge in [-0.3, -0.25) is 4.90 Å². The fourth-order valence-corrected chi connectivity index (χ4v) is 2.93. The van der Waals surface area contributed by atoms with Crippen LogP contribution in [0.3, 0.4) is 0 Å². The van der Waals surface area contributed by atoms with Crippen molar-refractivity contribution in [1.82, 2.24) is 15.5 Å². The Labute approximate surface area is 138 Å². The van der Waals surface area contributed by atoms with Crippen LogP contribution in [0.2, 0.25) is 0 Å². The first-order valence-corrected chi connectivity index (χ1v) is 8.63. The first-order valence-electron chi connectivity index (χ1n) is 8.63. The van der Waals surface area contributed by atoms with Crippen LogP contribution < -0.4 is 10.6 Å². The summed E-state index contributed by atoms with van der Waals surface area (Å²) in [6, 6.07) is 8.71. The van der Waals surface area contributed by atoms with Gasteiger partial charge in [-0.2, -0.15) is 0 Å². The van der Waals surface area contributed by atoms with E-state index in [0.29, 0.717) is 12.5 Å². The van der Waals surface area contributed by atoms with E-state index >= 15 is 0 Å². The van der Waals surface area contributed by atoms with E-state index in [1.165, 1.54) is 18.4 Å². The van der Waals surface area contributed by atoms with E-state index in [1.807, 2.05) is 0 Å². The lowest BCUT2D eigenvalue weighted by atomic mass is 10.1. The third-order valence-electron chi connectivity index (χ3n) is 4.67. The minimum atomic E-state index is -0.0678.